The molecule has 10 heteroatoms. The molecule has 1 aromatic heterocycles. The normalized spacial score (nSPS) is 11.8. The average molecular weight is 510 g/mol. The first kappa shape index (κ1) is 24.4. The van der Waals surface area contributed by atoms with Gasteiger partial charge < -0.3 is 0 Å². The molecule has 0 aliphatic rings. The monoisotopic (exact) mass is 509 g/mol. The molecule has 180 valence electrons. The third kappa shape index (κ3) is 4.75. The minimum absolute atomic E-state index is 0.108. The molecule has 0 fully saturated rings. The predicted molar refractivity (Wildman–Crippen MR) is 134 cm³/mol. The number of aromatic nitrogens is 1. The Bertz CT molecular complexity index is 1620. The standard InChI is InChI=1S/C25H23N3O5S2/c1-3-28(20-10-5-4-6-11-20)35(32,33)21-12-7-9-19(17-21)25(29)27-34(30,31)23-15-14-18(2)22-13-8-16-26-24(22)23/h4-17H,3H2,1-2H3,(H,27,29). The van der Waals surface area contributed by atoms with Crippen molar-refractivity contribution in [2.45, 2.75) is 23.6 Å². The number of hydrogen-bond donors (Lipinski definition) is 1. The second-order valence-electron chi connectivity index (χ2n) is 7.75. The van der Waals surface area contributed by atoms with Crippen molar-refractivity contribution >= 4 is 42.5 Å². The van der Waals surface area contributed by atoms with E-state index in [0.717, 1.165) is 11.6 Å². The van der Waals surface area contributed by atoms with Crippen LogP contribution in [0.15, 0.2) is 94.9 Å². The third-order valence-corrected chi connectivity index (χ3v) is 8.74. The van der Waals surface area contributed by atoms with Crippen molar-refractivity contribution in [3.05, 3.63) is 96.2 Å². The van der Waals surface area contributed by atoms with Crippen LogP contribution in [0.2, 0.25) is 0 Å². The Morgan fingerprint density at radius 3 is 2.37 bits per heavy atom. The van der Waals surface area contributed by atoms with E-state index in [0.29, 0.717) is 11.1 Å². The summed E-state index contributed by atoms with van der Waals surface area (Å²) in [6, 6.07) is 20.3. The summed E-state index contributed by atoms with van der Waals surface area (Å²) in [6.07, 6.45) is 1.48. The maximum absolute atomic E-state index is 13.3. The van der Waals surface area contributed by atoms with Gasteiger partial charge in [0.15, 0.2) is 0 Å². The lowest BCUT2D eigenvalue weighted by atomic mass is 10.1. The second kappa shape index (κ2) is 9.47. The van der Waals surface area contributed by atoms with E-state index in [2.05, 4.69) is 4.98 Å². The van der Waals surface area contributed by atoms with Gasteiger partial charge in [-0.2, -0.15) is 0 Å². The van der Waals surface area contributed by atoms with Gasteiger partial charge in [0.2, 0.25) is 0 Å². The number of anilines is 1. The van der Waals surface area contributed by atoms with Crippen LogP contribution in [-0.2, 0) is 20.0 Å². The summed E-state index contributed by atoms with van der Waals surface area (Å²) in [5, 5.41) is 0.650. The summed E-state index contributed by atoms with van der Waals surface area (Å²) >= 11 is 0. The highest BCUT2D eigenvalue weighted by molar-refractivity contribution is 7.92. The molecule has 4 rings (SSSR count). The topological polar surface area (TPSA) is 114 Å². The highest BCUT2D eigenvalue weighted by atomic mass is 32.2. The van der Waals surface area contributed by atoms with Gasteiger partial charge in [-0.25, -0.2) is 21.6 Å². The van der Waals surface area contributed by atoms with E-state index in [1.807, 2.05) is 11.6 Å². The summed E-state index contributed by atoms with van der Waals surface area (Å²) in [5.74, 6) is -0.950. The first-order valence-electron chi connectivity index (χ1n) is 10.7. The fourth-order valence-corrected chi connectivity index (χ4v) is 6.41. The Labute approximate surface area is 204 Å². The number of nitrogens with one attached hydrogen (secondary N) is 1. The van der Waals surface area contributed by atoms with Crippen LogP contribution in [0.25, 0.3) is 10.9 Å². The minimum Gasteiger partial charge on any atom is -0.268 e. The van der Waals surface area contributed by atoms with Crippen molar-refractivity contribution in [1.82, 2.24) is 9.71 Å². The number of pyridine rings is 1. The summed E-state index contributed by atoms with van der Waals surface area (Å²) in [5.41, 5.74) is 1.45. The van der Waals surface area contributed by atoms with Gasteiger partial charge in [-0.05, 0) is 61.9 Å². The maximum atomic E-state index is 13.3. The van der Waals surface area contributed by atoms with Crippen LogP contribution >= 0.6 is 0 Å². The molecule has 0 spiro atoms. The largest absolute Gasteiger partial charge is 0.268 e. The molecule has 4 aromatic rings. The summed E-state index contributed by atoms with van der Waals surface area (Å²) < 4.78 is 56.0. The van der Waals surface area contributed by atoms with Crippen LogP contribution in [0.4, 0.5) is 5.69 Å². The quantitative estimate of drug-likeness (QED) is 0.405. The number of para-hydroxylation sites is 1. The molecular weight excluding hydrogens is 486 g/mol. The zero-order chi connectivity index (χ0) is 25.2. The van der Waals surface area contributed by atoms with Crippen molar-refractivity contribution in [2.24, 2.45) is 0 Å². The lowest BCUT2D eigenvalue weighted by Gasteiger charge is -2.23. The van der Waals surface area contributed by atoms with Crippen LogP contribution in [-0.4, -0.2) is 34.3 Å². The Morgan fingerprint density at radius 1 is 0.914 bits per heavy atom. The molecule has 1 heterocycles. The van der Waals surface area contributed by atoms with Crippen molar-refractivity contribution in [1.29, 1.82) is 0 Å². The summed E-state index contributed by atoms with van der Waals surface area (Å²) in [7, 11) is -8.28. The van der Waals surface area contributed by atoms with Crippen molar-refractivity contribution in [3.63, 3.8) is 0 Å². The Balaban J connectivity index is 1.67. The molecule has 8 nitrogen and oxygen atoms in total. The molecule has 35 heavy (non-hydrogen) atoms. The molecule has 0 saturated heterocycles. The maximum Gasteiger partial charge on any atom is 0.266 e. The van der Waals surface area contributed by atoms with Crippen LogP contribution < -0.4 is 9.03 Å². The molecule has 1 N–H and O–H groups in total. The van der Waals surface area contributed by atoms with Gasteiger partial charge in [0, 0.05) is 23.7 Å². The van der Waals surface area contributed by atoms with Gasteiger partial charge in [0.05, 0.1) is 16.1 Å². The van der Waals surface area contributed by atoms with Crippen LogP contribution in [0.3, 0.4) is 0 Å². The molecular formula is C25H23N3O5S2. The molecule has 0 atom stereocenters. The first-order chi connectivity index (χ1) is 16.6. The van der Waals surface area contributed by atoms with Crippen LogP contribution in [0.1, 0.15) is 22.8 Å². The predicted octanol–water partition coefficient (Wildman–Crippen LogP) is 3.88. The zero-order valence-electron chi connectivity index (χ0n) is 19.0. The minimum atomic E-state index is -4.29. The van der Waals surface area contributed by atoms with E-state index >= 15 is 0 Å². The van der Waals surface area contributed by atoms with Crippen LogP contribution in [0, 0.1) is 6.92 Å². The fraction of sp³-hybridized carbons (Fsp3) is 0.120. The molecule has 1 amide bonds. The van der Waals surface area contributed by atoms with Gasteiger partial charge in [-0.15, -0.1) is 0 Å². The molecule has 0 aliphatic carbocycles. The first-order valence-corrected chi connectivity index (χ1v) is 13.7. The lowest BCUT2D eigenvalue weighted by molar-refractivity contribution is 0.0981. The van der Waals surface area contributed by atoms with E-state index in [1.54, 1.807) is 55.5 Å². The highest BCUT2D eigenvalue weighted by Crippen LogP contribution is 2.26. The molecule has 0 radical (unpaired) electrons. The summed E-state index contributed by atoms with van der Waals surface area (Å²) in [6.45, 7) is 3.71. The number of fused-ring (bicyclic) bond motifs is 1. The summed E-state index contributed by atoms with van der Waals surface area (Å²) in [4.78, 5) is 16.8. The number of sulfonamides is 2. The number of carbonyl (C=O) groups excluding carboxylic acids is 1. The number of aryl methyl sites for hydroxylation is 1. The van der Waals surface area contributed by atoms with Gasteiger partial charge in [0.25, 0.3) is 26.0 Å². The number of carbonyl (C=O) groups is 1. The number of benzene rings is 3. The van der Waals surface area contributed by atoms with Gasteiger partial charge in [-0.3, -0.25) is 14.1 Å². The Hall–Kier alpha value is -3.76. The van der Waals surface area contributed by atoms with E-state index in [1.165, 1.54) is 34.8 Å². The third-order valence-electron chi connectivity index (χ3n) is 5.48. The van der Waals surface area contributed by atoms with Crippen molar-refractivity contribution in [2.75, 3.05) is 10.8 Å². The molecule has 0 saturated carbocycles. The number of amides is 1. The van der Waals surface area contributed by atoms with Crippen molar-refractivity contribution < 1.29 is 21.6 Å². The molecule has 0 aliphatic heterocycles. The average Bonchev–Trinajstić information content (AvgIpc) is 2.85. The van der Waals surface area contributed by atoms with Crippen molar-refractivity contribution in [3.8, 4) is 0 Å². The fourth-order valence-electron chi connectivity index (χ4n) is 3.75. The molecule has 3 aromatic carbocycles. The second-order valence-corrected chi connectivity index (χ2v) is 11.3. The SMILES string of the molecule is CCN(c1ccccc1)S(=O)(=O)c1cccc(C(=O)NS(=O)(=O)c2ccc(C)c3cccnc23)c1. The van der Waals surface area contributed by atoms with Gasteiger partial charge in [-0.1, -0.05) is 36.4 Å². The number of rotatable bonds is 7. The van der Waals surface area contributed by atoms with E-state index < -0.39 is 26.0 Å². The number of hydrogen-bond acceptors (Lipinski definition) is 6. The highest BCUT2D eigenvalue weighted by Gasteiger charge is 2.26. The molecule has 0 unspecified atom stereocenters. The smallest absolute Gasteiger partial charge is 0.266 e. The van der Waals surface area contributed by atoms with E-state index in [-0.39, 0.29) is 27.4 Å². The zero-order valence-corrected chi connectivity index (χ0v) is 20.7. The van der Waals surface area contributed by atoms with E-state index in [4.69, 9.17) is 0 Å². The Morgan fingerprint density at radius 2 is 1.66 bits per heavy atom. The van der Waals surface area contributed by atoms with Gasteiger partial charge >= 0.3 is 0 Å². The van der Waals surface area contributed by atoms with Crippen LogP contribution in [0.5, 0.6) is 0 Å². The Kier molecular flexibility index (Phi) is 6.60. The van der Waals surface area contributed by atoms with E-state index in [9.17, 15) is 21.6 Å². The number of nitrogens with zero attached hydrogens (tertiary/aromatic N) is 2. The molecule has 0 bridgehead atoms. The van der Waals surface area contributed by atoms with Gasteiger partial charge in [0.1, 0.15) is 4.90 Å². The lowest BCUT2D eigenvalue weighted by Crippen LogP contribution is -2.32.